The molecule has 2 aromatic rings. The van der Waals surface area contributed by atoms with Crippen molar-refractivity contribution >= 4 is 17.5 Å². The Kier molecular flexibility index (Phi) is 8.20. The summed E-state index contributed by atoms with van der Waals surface area (Å²) in [5.41, 5.74) is 7.56. The number of rotatable bonds is 8. The van der Waals surface area contributed by atoms with E-state index in [0.29, 0.717) is 48.6 Å². The zero-order valence-corrected chi connectivity index (χ0v) is 18.8. The molecular formula is C24H29N7O2. The summed E-state index contributed by atoms with van der Waals surface area (Å²) in [6.07, 6.45) is 1.32. The van der Waals surface area contributed by atoms with Crippen LogP contribution in [0.2, 0.25) is 0 Å². The molecule has 1 fully saturated rings. The van der Waals surface area contributed by atoms with Crippen LogP contribution >= 0.6 is 0 Å². The molecule has 172 valence electrons. The molecule has 9 nitrogen and oxygen atoms in total. The molecule has 1 amide bonds. The summed E-state index contributed by atoms with van der Waals surface area (Å²) in [4.78, 5) is 21.2. The maximum Gasteiger partial charge on any atom is 0.244 e. The molecule has 0 radical (unpaired) electrons. The highest BCUT2D eigenvalue weighted by molar-refractivity contribution is 5.85. The van der Waals surface area contributed by atoms with Crippen molar-refractivity contribution in [3.63, 3.8) is 0 Å². The second-order valence-corrected chi connectivity index (χ2v) is 7.89. The van der Waals surface area contributed by atoms with E-state index in [9.17, 15) is 20.4 Å². The summed E-state index contributed by atoms with van der Waals surface area (Å²) in [6, 6.07) is 12.6. The minimum Gasteiger partial charge on any atom is -0.395 e. The second kappa shape index (κ2) is 11.3. The molecule has 1 aromatic heterocycles. The molecule has 1 aliphatic rings. The van der Waals surface area contributed by atoms with E-state index in [1.807, 2.05) is 30.0 Å². The van der Waals surface area contributed by atoms with Gasteiger partial charge in [-0.3, -0.25) is 9.69 Å². The van der Waals surface area contributed by atoms with E-state index in [-0.39, 0.29) is 18.0 Å². The van der Waals surface area contributed by atoms with Gasteiger partial charge < -0.3 is 21.1 Å². The Morgan fingerprint density at radius 1 is 1.18 bits per heavy atom. The maximum atomic E-state index is 12.3. The van der Waals surface area contributed by atoms with Gasteiger partial charge in [0.1, 0.15) is 29.8 Å². The number of amides is 1. The Labute approximate surface area is 194 Å². The number of hydrogen-bond donors (Lipinski definition) is 3. The molecule has 1 atom stereocenters. The summed E-state index contributed by atoms with van der Waals surface area (Å²) in [6.45, 7) is 5.48. The molecule has 33 heavy (non-hydrogen) atoms. The third-order valence-corrected chi connectivity index (χ3v) is 5.86. The van der Waals surface area contributed by atoms with Crippen LogP contribution in [0, 0.1) is 22.7 Å². The Hall–Kier alpha value is -3.66. The predicted molar refractivity (Wildman–Crippen MR) is 125 cm³/mol. The third-order valence-electron chi connectivity index (χ3n) is 5.86. The van der Waals surface area contributed by atoms with E-state index in [4.69, 9.17) is 10.7 Å². The second-order valence-electron chi connectivity index (χ2n) is 7.89. The SMILES string of the molecule is CCc1c(C#N)c(N[C@@H](C(N)=O)c2ccccc2)nc(N2CCCN(CCO)CC2)c1C#N. The van der Waals surface area contributed by atoms with Gasteiger partial charge in [-0.15, -0.1) is 0 Å². The van der Waals surface area contributed by atoms with Crippen LogP contribution in [-0.4, -0.2) is 60.2 Å². The smallest absolute Gasteiger partial charge is 0.244 e. The molecule has 1 aliphatic heterocycles. The molecule has 1 aromatic carbocycles. The van der Waals surface area contributed by atoms with Crippen LogP contribution in [0.5, 0.6) is 0 Å². The fourth-order valence-electron chi connectivity index (χ4n) is 4.19. The van der Waals surface area contributed by atoms with Gasteiger partial charge in [0.15, 0.2) is 0 Å². The van der Waals surface area contributed by atoms with Crippen molar-refractivity contribution in [3.05, 3.63) is 52.6 Å². The van der Waals surface area contributed by atoms with Gasteiger partial charge in [-0.25, -0.2) is 4.98 Å². The fourth-order valence-corrected chi connectivity index (χ4v) is 4.19. The highest BCUT2D eigenvalue weighted by atomic mass is 16.3. The normalized spacial score (nSPS) is 15.2. The number of nitrogens with one attached hydrogen (secondary N) is 1. The average Bonchev–Trinajstić information content (AvgIpc) is 3.07. The van der Waals surface area contributed by atoms with Gasteiger partial charge in [0.25, 0.3) is 0 Å². The van der Waals surface area contributed by atoms with Crippen LogP contribution in [0.3, 0.4) is 0 Å². The number of carbonyl (C=O) groups excluding carboxylic acids is 1. The predicted octanol–water partition coefficient (Wildman–Crippen LogP) is 1.53. The number of pyridine rings is 1. The molecular weight excluding hydrogens is 418 g/mol. The summed E-state index contributed by atoms with van der Waals surface area (Å²) >= 11 is 0. The van der Waals surface area contributed by atoms with Gasteiger partial charge in [0.2, 0.25) is 5.91 Å². The van der Waals surface area contributed by atoms with Gasteiger partial charge >= 0.3 is 0 Å². The molecule has 0 unspecified atom stereocenters. The zero-order valence-electron chi connectivity index (χ0n) is 18.8. The van der Waals surface area contributed by atoms with E-state index in [0.717, 1.165) is 19.5 Å². The third kappa shape index (κ3) is 5.40. The lowest BCUT2D eigenvalue weighted by Crippen LogP contribution is -2.33. The lowest BCUT2D eigenvalue weighted by Gasteiger charge is -2.26. The molecule has 2 heterocycles. The van der Waals surface area contributed by atoms with Crippen LogP contribution in [0.4, 0.5) is 11.6 Å². The Balaban J connectivity index is 2.06. The topological polar surface area (TPSA) is 142 Å². The largest absolute Gasteiger partial charge is 0.395 e. The number of nitrogens with zero attached hydrogens (tertiary/aromatic N) is 5. The number of hydrogen-bond acceptors (Lipinski definition) is 8. The van der Waals surface area contributed by atoms with Crippen molar-refractivity contribution < 1.29 is 9.90 Å². The average molecular weight is 448 g/mol. The minimum absolute atomic E-state index is 0.0978. The van der Waals surface area contributed by atoms with Crippen molar-refractivity contribution in [2.45, 2.75) is 25.8 Å². The van der Waals surface area contributed by atoms with Crippen molar-refractivity contribution in [2.24, 2.45) is 5.73 Å². The van der Waals surface area contributed by atoms with Crippen molar-refractivity contribution in [3.8, 4) is 12.1 Å². The van der Waals surface area contributed by atoms with Gasteiger partial charge in [0, 0.05) is 26.2 Å². The number of aromatic nitrogens is 1. The van der Waals surface area contributed by atoms with Crippen LogP contribution in [0.25, 0.3) is 0 Å². The Morgan fingerprint density at radius 3 is 2.52 bits per heavy atom. The van der Waals surface area contributed by atoms with Gasteiger partial charge in [0.05, 0.1) is 17.7 Å². The standard InChI is InChI=1S/C24H29N7O2/c1-2-18-19(15-25)23(28-21(22(27)33)17-7-4-3-5-8-17)29-24(20(18)16-26)31-10-6-9-30(11-12-31)13-14-32/h3-5,7-8,21,32H,2,6,9-14H2,1H3,(H2,27,33)(H,28,29)/t21-/m1/s1. The van der Waals surface area contributed by atoms with Crippen LogP contribution < -0.4 is 16.0 Å². The number of nitrogens with two attached hydrogens (primary N) is 1. The van der Waals surface area contributed by atoms with Crippen LogP contribution in [0.1, 0.15) is 41.6 Å². The first-order valence-corrected chi connectivity index (χ1v) is 11.1. The van der Waals surface area contributed by atoms with E-state index < -0.39 is 11.9 Å². The first-order chi connectivity index (χ1) is 16.0. The van der Waals surface area contributed by atoms with E-state index in [2.05, 4.69) is 22.4 Å². The first kappa shape index (κ1) is 24.0. The number of anilines is 2. The molecule has 1 saturated heterocycles. The number of carbonyl (C=O) groups is 1. The number of aliphatic hydroxyl groups is 1. The summed E-state index contributed by atoms with van der Waals surface area (Å²) in [7, 11) is 0. The highest BCUT2D eigenvalue weighted by Crippen LogP contribution is 2.32. The monoisotopic (exact) mass is 447 g/mol. The van der Waals surface area contributed by atoms with E-state index >= 15 is 0 Å². The Morgan fingerprint density at radius 2 is 1.91 bits per heavy atom. The highest BCUT2D eigenvalue weighted by Gasteiger charge is 2.27. The number of primary amides is 1. The Bertz CT molecular complexity index is 1060. The first-order valence-electron chi connectivity index (χ1n) is 11.1. The molecule has 0 spiro atoms. The fraction of sp³-hybridized carbons (Fsp3) is 0.417. The number of benzene rings is 1. The van der Waals surface area contributed by atoms with E-state index in [1.54, 1.807) is 12.1 Å². The minimum atomic E-state index is -0.875. The van der Waals surface area contributed by atoms with Crippen molar-refractivity contribution in [1.29, 1.82) is 10.5 Å². The molecule has 0 aliphatic carbocycles. The summed E-state index contributed by atoms with van der Waals surface area (Å²) in [5.74, 6) is 0.149. The van der Waals surface area contributed by atoms with Gasteiger partial charge in [-0.1, -0.05) is 37.3 Å². The lowest BCUT2D eigenvalue weighted by molar-refractivity contribution is -0.118. The molecule has 0 bridgehead atoms. The van der Waals surface area contributed by atoms with Crippen LogP contribution in [0.15, 0.2) is 30.3 Å². The molecule has 3 rings (SSSR count). The lowest BCUT2D eigenvalue weighted by atomic mass is 9.99. The molecule has 4 N–H and O–H groups in total. The van der Waals surface area contributed by atoms with Gasteiger partial charge in [-0.05, 0) is 30.5 Å². The number of nitriles is 2. The quantitative estimate of drug-likeness (QED) is 0.553. The van der Waals surface area contributed by atoms with Crippen molar-refractivity contribution in [1.82, 2.24) is 9.88 Å². The number of aliphatic hydroxyl groups excluding tert-OH is 1. The zero-order chi connectivity index (χ0) is 23.8. The molecule has 9 heteroatoms. The number of β-amino-alcohol motifs (C(OH)–C–C–N with tert-alkyl or cyclic N) is 1. The molecule has 0 saturated carbocycles. The van der Waals surface area contributed by atoms with Crippen LogP contribution in [-0.2, 0) is 11.2 Å². The van der Waals surface area contributed by atoms with Gasteiger partial charge in [-0.2, -0.15) is 10.5 Å². The summed E-state index contributed by atoms with van der Waals surface area (Å²) < 4.78 is 0. The van der Waals surface area contributed by atoms with E-state index in [1.165, 1.54) is 0 Å². The van der Waals surface area contributed by atoms with Crippen molar-refractivity contribution in [2.75, 3.05) is 49.5 Å². The summed E-state index contributed by atoms with van der Waals surface area (Å²) in [5, 5.41) is 32.2. The maximum absolute atomic E-state index is 12.3.